The first kappa shape index (κ1) is 18.4. The maximum Gasteiger partial charge on any atom is 0.269 e. The Morgan fingerprint density at radius 2 is 2.25 bits per heavy atom. The van der Waals surface area contributed by atoms with Crippen molar-refractivity contribution in [2.75, 3.05) is 19.6 Å². The van der Waals surface area contributed by atoms with E-state index in [-0.39, 0.29) is 23.6 Å². The van der Waals surface area contributed by atoms with E-state index < -0.39 is 11.0 Å². The Morgan fingerprint density at radius 3 is 2.92 bits per heavy atom. The maximum atomic E-state index is 11.8. The van der Waals surface area contributed by atoms with Crippen molar-refractivity contribution in [1.82, 2.24) is 10.2 Å². The summed E-state index contributed by atoms with van der Waals surface area (Å²) in [5.41, 5.74) is 0.518. The molecule has 1 amide bonds. The first-order chi connectivity index (χ1) is 11.4. The lowest BCUT2D eigenvalue weighted by Crippen LogP contribution is -2.49. The van der Waals surface area contributed by atoms with E-state index >= 15 is 0 Å². The van der Waals surface area contributed by atoms with Crippen LogP contribution in [0.2, 0.25) is 0 Å². The van der Waals surface area contributed by atoms with Crippen LogP contribution in [-0.2, 0) is 4.79 Å². The number of aliphatic hydroxyl groups excluding tert-OH is 1. The van der Waals surface area contributed by atoms with Crippen molar-refractivity contribution in [3.63, 3.8) is 0 Å². The lowest BCUT2D eigenvalue weighted by Gasteiger charge is -2.34. The van der Waals surface area contributed by atoms with Crippen molar-refractivity contribution in [3.05, 3.63) is 39.9 Å². The van der Waals surface area contributed by atoms with Gasteiger partial charge in [0.25, 0.3) is 5.69 Å². The second-order valence-electron chi connectivity index (χ2n) is 6.63. The third-order valence-electron chi connectivity index (χ3n) is 4.27. The van der Waals surface area contributed by atoms with E-state index in [1.54, 1.807) is 12.1 Å². The maximum absolute atomic E-state index is 11.8. The Kier molecular flexibility index (Phi) is 6.28. The number of rotatable bonds is 6. The fourth-order valence-electron chi connectivity index (χ4n) is 2.90. The number of β-amino-alcohol motifs (C(OH)–C–C–N with tert-alkyl or cyclic N) is 1. The van der Waals surface area contributed by atoms with Crippen molar-refractivity contribution in [2.24, 2.45) is 5.92 Å². The summed E-state index contributed by atoms with van der Waals surface area (Å²) < 4.78 is 0. The molecule has 0 spiro atoms. The quantitative estimate of drug-likeness (QED) is 0.611. The average molecular weight is 335 g/mol. The summed E-state index contributed by atoms with van der Waals surface area (Å²) in [4.78, 5) is 24.3. The van der Waals surface area contributed by atoms with Gasteiger partial charge in [-0.05, 0) is 24.9 Å². The molecule has 1 heterocycles. The predicted octanol–water partition coefficient (Wildman–Crippen LogP) is 1.86. The zero-order valence-corrected chi connectivity index (χ0v) is 14.1. The molecule has 1 aromatic carbocycles. The number of benzene rings is 1. The number of hydrogen-bond acceptors (Lipinski definition) is 5. The molecule has 0 bridgehead atoms. The number of hydrogen-bond donors (Lipinski definition) is 2. The summed E-state index contributed by atoms with van der Waals surface area (Å²) in [6.45, 7) is 5.66. The standard InChI is InChI=1S/C17H25N3O4/c1-12(2)17(22)18-14-6-4-8-19(10-14)11-16(21)13-5-3-7-15(9-13)20(23)24/h3,5,7,9,12,14,16,21H,4,6,8,10-11H2,1-2H3,(H,18,22). The highest BCUT2D eigenvalue weighted by Crippen LogP contribution is 2.21. The summed E-state index contributed by atoms with van der Waals surface area (Å²) in [6, 6.07) is 6.19. The molecule has 1 aliphatic heterocycles. The average Bonchev–Trinajstić information content (AvgIpc) is 2.55. The van der Waals surface area contributed by atoms with Crippen molar-refractivity contribution in [1.29, 1.82) is 0 Å². The van der Waals surface area contributed by atoms with Gasteiger partial charge in [-0.15, -0.1) is 0 Å². The van der Waals surface area contributed by atoms with Crippen LogP contribution in [0, 0.1) is 16.0 Å². The Labute approximate surface area is 141 Å². The summed E-state index contributed by atoms with van der Waals surface area (Å²) in [5.74, 6) is -0.00285. The Balaban J connectivity index is 1.93. The molecule has 7 nitrogen and oxygen atoms in total. The molecule has 2 unspecified atom stereocenters. The Bertz CT molecular complexity index is 591. The van der Waals surface area contributed by atoms with Crippen LogP contribution >= 0.6 is 0 Å². The van der Waals surface area contributed by atoms with Crippen molar-refractivity contribution >= 4 is 11.6 Å². The molecule has 1 saturated heterocycles. The number of likely N-dealkylation sites (tertiary alicyclic amines) is 1. The minimum Gasteiger partial charge on any atom is -0.387 e. The monoisotopic (exact) mass is 335 g/mol. The van der Waals surface area contributed by atoms with Crippen LogP contribution in [-0.4, -0.2) is 46.5 Å². The molecule has 0 aliphatic carbocycles. The second kappa shape index (κ2) is 8.21. The molecule has 2 rings (SSSR count). The molecule has 2 N–H and O–H groups in total. The number of nitro benzene ring substituents is 1. The third-order valence-corrected chi connectivity index (χ3v) is 4.27. The van der Waals surface area contributed by atoms with E-state index in [1.165, 1.54) is 12.1 Å². The number of carbonyl (C=O) groups is 1. The largest absolute Gasteiger partial charge is 0.387 e. The molecular formula is C17H25N3O4. The van der Waals surface area contributed by atoms with Gasteiger partial charge in [0.2, 0.25) is 5.91 Å². The van der Waals surface area contributed by atoms with Crippen LogP contribution in [0.4, 0.5) is 5.69 Å². The highest BCUT2D eigenvalue weighted by atomic mass is 16.6. The number of non-ortho nitro benzene ring substituents is 1. The fraction of sp³-hybridized carbons (Fsp3) is 0.588. The molecule has 7 heteroatoms. The van der Waals surface area contributed by atoms with Gasteiger partial charge in [0, 0.05) is 37.2 Å². The van der Waals surface area contributed by atoms with E-state index in [9.17, 15) is 20.0 Å². The molecule has 1 aliphatic rings. The number of piperidine rings is 1. The van der Waals surface area contributed by atoms with Crippen LogP contribution in [0.1, 0.15) is 38.4 Å². The Hall–Kier alpha value is -1.99. The second-order valence-corrected chi connectivity index (χ2v) is 6.63. The van der Waals surface area contributed by atoms with E-state index in [0.717, 1.165) is 19.4 Å². The van der Waals surface area contributed by atoms with Gasteiger partial charge < -0.3 is 10.4 Å². The van der Waals surface area contributed by atoms with Gasteiger partial charge in [0.15, 0.2) is 0 Å². The summed E-state index contributed by atoms with van der Waals surface area (Å²) in [6.07, 6.45) is 1.09. The summed E-state index contributed by atoms with van der Waals surface area (Å²) >= 11 is 0. The van der Waals surface area contributed by atoms with Gasteiger partial charge in [-0.25, -0.2) is 0 Å². The van der Waals surface area contributed by atoms with Gasteiger partial charge in [0.05, 0.1) is 11.0 Å². The van der Waals surface area contributed by atoms with Gasteiger partial charge in [0.1, 0.15) is 0 Å². The van der Waals surface area contributed by atoms with Crippen molar-refractivity contribution < 1.29 is 14.8 Å². The molecule has 132 valence electrons. The van der Waals surface area contributed by atoms with E-state index in [4.69, 9.17) is 0 Å². The van der Waals surface area contributed by atoms with Crippen LogP contribution in [0.15, 0.2) is 24.3 Å². The number of nitrogens with one attached hydrogen (secondary N) is 1. The SMILES string of the molecule is CC(C)C(=O)NC1CCCN(CC(O)c2cccc([N+](=O)[O-])c2)C1. The van der Waals surface area contributed by atoms with Crippen LogP contribution in [0.25, 0.3) is 0 Å². The number of aliphatic hydroxyl groups is 1. The number of amides is 1. The van der Waals surface area contributed by atoms with Crippen LogP contribution < -0.4 is 5.32 Å². The van der Waals surface area contributed by atoms with Crippen molar-refractivity contribution in [2.45, 2.75) is 38.8 Å². The van der Waals surface area contributed by atoms with Crippen LogP contribution in [0.5, 0.6) is 0 Å². The smallest absolute Gasteiger partial charge is 0.269 e. The molecule has 0 aromatic heterocycles. The summed E-state index contributed by atoms with van der Waals surface area (Å²) in [5, 5.41) is 24.3. The van der Waals surface area contributed by atoms with E-state index in [1.807, 2.05) is 13.8 Å². The highest BCUT2D eigenvalue weighted by molar-refractivity contribution is 5.78. The van der Waals surface area contributed by atoms with Crippen molar-refractivity contribution in [3.8, 4) is 0 Å². The van der Waals surface area contributed by atoms with E-state index in [2.05, 4.69) is 10.2 Å². The normalized spacial score (nSPS) is 19.9. The number of nitro groups is 1. The lowest BCUT2D eigenvalue weighted by molar-refractivity contribution is -0.385. The minimum atomic E-state index is -0.788. The van der Waals surface area contributed by atoms with Crippen LogP contribution in [0.3, 0.4) is 0 Å². The van der Waals surface area contributed by atoms with E-state index in [0.29, 0.717) is 18.7 Å². The van der Waals surface area contributed by atoms with Gasteiger partial charge in [-0.1, -0.05) is 26.0 Å². The third kappa shape index (κ3) is 5.01. The van der Waals surface area contributed by atoms with Gasteiger partial charge in [-0.3, -0.25) is 19.8 Å². The number of carbonyl (C=O) groups excluding carboxylic acids is 1. The lowest BCUT2D eigenvalue weighted by atomic mass is 10.0. The molecule has 2 atom stereocenters. The summed E-state index contributed by atoms with van der Waals surface area (Å²) in [7, 11) is 0. The number of nitrogens with zero attached hydrogens (tertiary/aromatic N) is 2. The topological polar surface area (TPSA) is 95.7 Å². The zero-order valence-electron chi connectivity index (χ0n) is 14.1. The molecule has 24 heavy (non-hydrogen) atoms. The predicted molar refractivity (Wildman–Crippen MR) is 90.5 cm³/mol. The van der Waals surface area contributed by atoms with Gasteiger partial charge in [-0.2, -0.15) is 0 Å². The zero-order chi connectivity index (χ0) is 17.7. The first-order valence-electron chi connectivity index (χ1n) is 8.32. The molecule has 0 radical (unpaired) electrons. The Morgan fingerprint density at radius 1 is 1.50 bits per heavy atom. The molecule has 1 aromatic rings. The highest BCUT2D eigenvalue weighted by Gasteiger charge is 2.24. The first-order valence-corrected chi connectivity index (χ1v) is 8.32. The molecule has 0 saturated carbocycles. The molecule has 1 fully saturated rings. The minimum absolute atomic E-state index is 0.0210. The molecular weight excluding hydrogens is 310 g/mol. The van der Waals surface area contributed by atoms with Gasteiger partial charge >= 0.3 is 0 Å². The fourth-order valence-corrected chi connectivity index (χ4v) is 2.90.